The molecule has 0 fully saturated rings. The van der Waals surface area contributed by atoms with Crippen molar-refractivity contribution < 1.29 is 4.39 Å². The first-order valence-corrected chi connectivity index (χ1v) is 10.7. The van der Waals surface area contributed by atoms with Gasteiger partial charge >= 0.3 is 0 Å². The third-order valence-electron chi connectivity index (χ3n) is 5.73. The number of benzene rings is 2. The van der Waals surface area contributed by atoms with Gasteiger partial charge in [0.1, 0.15) is 17.7 Å². The molecular weight excluding hydrogens is 443 g/mol. The smallest absolute Gasteiger partial charge is 0.264 e. The van der Waals surface area contributed by atoms with Crippen molar-refractivity contribution in [3.8, 4) is 5.69 Å². The van der Waals surface area contributed by atoms with Crippen LogP contribution in [-0.4, -0.2) is 24.5 Å². The summed E-state index contributed by atoms with van der Waals surface area (Å²) in [4.78, 5) is 29.4. The fourth-order valence-corrected chi connectivity index (χ4v) is 4.29. The molecule has 0 amide bonds. The van der Waals surface area contributed by atoms with E-state index in [4.69, 9.17) is 11.6 Å². The largest absolute Gasteiger partial charge is 0.360 e. The monoisotopic (exact) mass is 462 g/mol. The van der Waals surface area contributed by atoms with Gasteiger partial charge in [-0.3, -0.25) is 9.36 Å². The lowest BCUT2D eigenvalue weighted by atomic mass is 10.0. The number of H-pyrrole nitrogens is 1. The average Bonchev–Trinajstić information content (AvgIpc) is 3.28. The van der Waals surface area contributed by atoms with Crippen LogP contribution < -0.4 is 10.9 Å². The molecule has 5 rings (SSSR count). The van der Waals surface area contributed by atoms with E-state index in [2.05, 4.69) is 25.3 Å². The Balaban J connectivity index is 1.77. The van der Waals surface area contributed by atoms with Gasteiger partial charge in [-0.15, -0.1) is 0 Å². The van der Waals surface area contributed by atoms with Gasteiger partial charge in [0.05, 0.1) is 28.5 Å². The second-order valence-corrected chi connectivity index (χ2v) is 8.39. The molecule has 0 unspecified atom stereocenters. The maximum atomic E-state index is 14.3. The Labute approximate surface area is 193 Å². The van der Waals surface area contributed by atoms with Crippen LogP contribution in [0.15, 0.2) is 53.8 Å². The Morgan fingerprint density at radius 1 is 1.12 bits per heavy atom. The lowest BCUT2D eigenvalue weighted by Crippen LogP contribution is -2.26. The molecule has 0 saturated heterocycles. The maximum Gasteiger partial charge on any atom is 0.264 e. The molecule has 9 heteroatoms. The quantitative estimate of drug-likeness (QED) is 0.381. The molecule has 1 atom stereocenters. The summed E-state index contributed by atoms with van der Waals surface area (Å²) >= 11 is 6.24. The normalized spacial score (nSPS) is 12.4. The van der Waals surface area contributed by atoms with Gasteiger partial charge in [0.15, 0.2) is 11.5 Å². The average molecular weight is 463 g/mol. The Morgan fingerprint density at radius 2 is 1.94 bits per heavy atom. The van der Waals surface area contributed by atoms with Crippen molar-refractivity contribution in [1.82, 2.24) is 24.5 Å². The van der Waals surface area contributed by atoms with Gasteiger partial charge in [-0.25, -0.2) is 19.3 Å². The number of pyridine rings is 1. The molecular formula is C24H20ClFN6O. The number of fused-ring (bicyclic) bond motifs is 2. The Kier molecular flexibility index (Phi) is 5.09. The molecule has 0 saturated carbocycles. The number of halogens is 2. The standard InChI is InChI=1S/C24H20ClFN6O/c1-12-4-5-13(2)17(8-12)32-18(9-15-6-7-16(26)20(25)19(15)24(32)33)14(3)31-23-21-22(28-10-27-21)29-11-30-23/h4-11,14H,1-3H3,(H2,27,28,29,30,31)/t14-/m0/s1. The zero-order valence-electron chi connectivity index (χ0n) is 18.1. The summed E-state index contributed by atoms with van der Waals surface area (Å²) in [5.74, 6) is -0.0717. The van der Waals surface area contributed by atoms with Crippen molar-refractivity contribution in [2.24, 2.45) is 0 Å². The molecule has 2 aromatic carbocycles. The number of nitrogens with one attached hydrogen (secondary N) is 2. The van der Waals surface area contributed by atoms with Crippen LogP contribution in [-0.2, 0) is 0 Å². The minimum atomic E-state index is -0.629. The van der Waals surface area contributed by atoms with Crippen LogP contribution in [0.1, 0.15) is 29.8 Å². The molecule has 2 N–H and O–H groups in total. The molecule has 7 nitrogen and oxygen atoms in total. The number of aromatic nitrogens is 5. The molecule has 33 heavy (non-hydrogen) atoms. The summed E-state index contributed by atoms with van der Waals surface area (Å²) in [6.45, 7) is 5.82. The predicted octanol–water partition coefficient (Wildman–Crippen LogP) is 5.24. The summed E-state index contributed by atoms with van der Waals surface area (Å²) < 4.78 is 15.9. The van der Waals surface area contributed by atoms with E-state index >= 15 is 0 Å². The molecule has 0 radical (unpaired) electrons. The van der Waals surface area contributed by atoms with Crippen LogP contribution in [0, 0.1) is 19.7 Å². The number of nitrogens with zero attached hydrogens (tertiary/aromatic N) is 4. The Hall–Kier alpha value is -3.78. The van der Waals surface area contributed by atoms with Crippen molar-refractivity contribution in [2.45, 2.75) is 26.8 Å². The first kappa shape index (κ1) is 21.1. The number of hydrogen-bond acceptors (Lipinski definition) is 5. The van der Waals surface area contributed by atoms with E-state index in [0.29, 0.717) is 33.7 Å². The van der Waals surface area contributed by atoms with E-state index in [-0.39, 0.29) is 22.0 Å². The van der Waals surface area contributed by atoms with Gasteiger partial charge in [0.2, 0.25) is 0 Å². The van der Waals surface area contributed by atoms with E-state index < -0.39 is 5.82 Å². The highest BCUT2D eigenvalue weighted by Crippen LogP contribution is 2.30. The zero-order valence-corrected chi connectivity index (χ0v) is 18.9. The lowest BCUT2D eigenvalue weighted by Gasteiger charge is -2.23. The molecule has 5 aromatic rings. The highest BCUT2D eigenvalue weighted by molar-refractivity contribution is 6.35. The van der Waals surface area contributed by atoms with E-state index in [1.165, 1.54) is 12.4 Å². The van der Waals surface area contributed by atoms with Crippen molar-refractivity contribution in [3.05, 3.63) is 87.1 Å². The molecule has 3 aromatic heterocycles. The molecule has 0 aliphatic carbocycles. The molecule has 0 aliphatic rings. The fraction of sp³-hybridized carbons (Fsp3) is 0.167. The van der Waals surface area contributed by atoms with Crippen LogP contribution in [0.3, 0.4) is 0 Å². The van der Waals surface area contributed by atoms with Crippen LogP contribution in [0.25, 0.3) is 27.6 Å². The van der Waals surface area contributed by atoms with Crippen LogP contribution in [0.2, 0.25) is 5.02 Å². The number of imidazole rings is 1. The van der Waals surface area contributed by atoms with E-state index in [1.54, 1.807) is 17.0 Å². The number of anilines is 1. The van der Waals surface area contributed by atoms with Gasteiger partial charge in [-0.2, -0.15) is 0 Å². The first-order valence-electron chi connectivity index (χ1n) is 10.4. The van der Waals surface area contributed by atoms with Crippen LogP contribution in [0.5, 0.6) is 0 Å². The van der Waals surface area contributed by atoms with Crippen molar-refractivity contribution in [3.63, 3.8) is 0 Å². The zero-order chi connectivity index (χ0) is 23.3. The molecule has 0 spiro atoms. The van der Waals surface area contributed by atoms with Gasteiger partial charge < -0.3 is 10.3 Å². The maximum absolute atomic E-state index is 14.3. The third kappa shape index (κ3) is 3.52. The summed E-state index contributed by atoms with van der Waals surface area (Å²) in [6, 6.07) is 10.2. The molecule has 0 aliphatic heterocycles. The Morgan fingerprint density at radius 3 is 2.76 bits per heavy atom. The van der Waals surface area contributed by atoms with Gasteiger partial charge in [0, 0.05) is 5.69 Å². The summed E-state index contributed by atoms with van der Waals surface area (Å²) in [5.41, 5.74) is 4.10. The minimum absolute atomic E-state index is 0.145. The molecule has 3 heterocycles. The highest BCUT2D eigenvalue weighted by atomic mass is 35.5. The van der Waals surface area contributed by atoms with Crippen molar-refractivity contribution >= 4 is 39.4 Å². The highest BCUT2D eigenvalue weighted by Gasteiger charge is 2.21. The lowest BCUT2D eigenvalue weighted by molar-refractivity contribution is 0.629. The second kappa shape index (κ2) is 7.97. The first-order chi connectivity index (χ1) is 15.8. The van der Waals surface area contributed by atoms with Gasteiger partial charge in [0.25, 0.3) is 5.56 Å². The minimum Gasteiger partial charge on any atom is -0.360 e. The van der Waals surface area contributed by atoms with E-state index in [0.717, 1.165) is 11.1 Å². The summed E-state index contributed by atoms with van der Waals surface area (Å²) in [6.07, 6.45) is 2.98. The summed E-state index contributed by atoms with van der Waals surface area (Å²) in [7, 11) is 0. The number of aromatic amines is 1. The van der Waals surface area contributed by atoms with Crippen LogP contribution in [0.4, 0.5) is 10.2 Å². The Bertz CT molecular complexity index is 1590. The topological polar surface area (TPSA) is 88.5 Å². The van der Waals surface area contributed by atoms with E-state index in [9.17, 15) is 9.18 Å². The summed E-state index contributed by atoms with van der Waals surface area (Å²) in [5, 5.41) is 3.88. The van der Waals surface area contributed by atoms with Gasteiger partial charge in [-0.05, 0) is 55.5 Å². The number of rotatable bonds is 4. The predicted molar refractivity (Wildman–Crippen MR) is 128 cm³/mol. The molecule has 0 bridgehead atoms. The second-order valence-electron chi connectivity index (χ2n) is 8.01. The van der Waals surface area contributed by atoms with Crippen molar-refractivity contribution in [1.29, 1.82) is 0 Å². The van der Waals surface area contributed by atoms with E-state index in [1.807, 2.05) is 45.0 Å². The SMILES string of the molecule is Cc1ccc(C)c(-n2c([C@H](C)Nc3ncnc4nc[nH]c34)cc3ccc(F)c(Cl)c3c2=O)c1. The molecule has 166 valence electrons. The van der Waals surface area contributed by atoms with Gasteiger partial charge in [-0.1, -0.05) is 29.8 Å². The fourth-order valence-electron chi connectivity index (χ4n) is 4.04. The number of aryl methyl sites for hydroxylation is 2. The van der Waals surface area contributed by atoms with Crippen LogP contribution >= 0.6 is 11.6 Å². The van der Waals surface area contributed by atoms with Crippen molar-refractivity contribution in [2.75, 3.05) is 5.32 Å². The number of hydrogen-bond donors (Lipinski definition) is 2. The third-order valence-corrected chi connectivity index (χ3v) is 6.10.